The van der Waals surface area contributed by atoms with E-state index in [9.17, 15) is 54.6 Å². The van der Waals surface area contributed by atoms with Crippen molar-refractivity contribution in [3.05, 3.63) is 24.3 Å². The molecule has 0 aromatic heterocycles. The first-order chi connectivity index (χ1) is 39.8. The lowest BCUT2D eigenvalue weighted by Gasteiger charge is -2.39. The Kier molecular flexibility index (Phi) is 48.4. The Hall–Kier alpha value is -3.81. The number of hydrogen-bond donors (Lipinski definition) is 13. The van der Waals surface area contributed by atoms with Crippen molar-refractivity contribution in [1.82, 2.24) is 16.0 Å². The Bertz CT molecular complexity index is 1820. The summed E-state index contributed by atoms with van der Waals surface area (Å²) in [5.41, 5.74) is -0.384. The molecule has 3 amide bonds. The highest BCUT2D eigenvalue weighted by Crippen LogP contribution is 2.25. The van der Waals surface area contributed by atoms with Crippen LogP contribution in [0.3, 0.4) is 0 Å². The first-order valence-corrected chi connectivity index (χ1v) is 29.6. The van der Waals surface area contributed by atoms with Gasteiger partial charge in [0.1, 0.15) is 48.8 Å². The third kappa shape index (κ3) is 37.6. The fourth-order valence-electron chi connectivity index (χ4n) is 7.72. The van der Waals surface area contributed by atoms with Gasteiger partial charge < -0.3 is 105 Å². The number of hydrogen-bond acceptors (Lipinski definition) is 21. The fraction of sp³-hybridized carbons (Fsp3) is 0.847. The second-order valence-corrected chi connectivity index (χ2v) is 22.5. The number of rotatable bonds is 37. The Morgan fingerprint density at radius 2 is 0.871 bits per heavy atom. The Morgan fingerprint density at radius 1 is 0.506 bits per heavy atom. The summed E-state index contributed by atoms with van der Waals surface area (Å²) in [4.78, 5) is 55.8. The molecular formula is C59H113N3O23. The van der Waals surface area contributed by atoms with E-state index in [-0.39, 0.29) is 62.3 Å². The van der Waals surface area contributed by atoms with Gasteiger partial charge in [-0.05, 0) is 52.9 Å². The minimum atomic E-state index is -1.47. The highest BCUT2D eigenvalue weighted by molar-refractivity contribution is 5.92. The smallest absolute Gasteiger partial charge is 0.330 e. The van der Waals surface area contributed by atoms with Crippen LogP contribution < -0.4 is 16.0 Å². The minimum absolute atomic E-state index is 0.0134. The topological polar surface area (TPSA) is 398 Å². The van der Waals surface area contributed by atoms with Gasteiger partial charge in [-0.3, -0.25) is 19.2 Å². The van der Waals surface area contributed by atoms with Gasteiger partial charge in [-0.2, -0.15) is 0 Å². The standard InChI is InChI=1S/C17H33NO8.C16H29NO8.C13H27NO3.C7H14O2.C6H10O2/c1-4-5-17(2,3)16(23)18-6-7-24-8-9-25-15-14(22)13(21)12(20)11(10-19)26-15;1-3-4-10(2)15(22)17-5-6-23-7-8-24-16-14(21)13(20)12(19)11(9-18)25-16;1-6-7-13(3,4)12(15)14-8-9-17-10-11(2)16-5;1-4-5-7(2,3)6(8)9;1-3-4-5(2)6(7)8/h11-15,19-22H,4-10H2,1-3H3,(H,18,23);11-14,16,18-21H,2-9H2,1H3,(H,17,22);11H,6-10H2,1-5H3,(H,14,15);4-5H2,1-3H3,(H,8,9);2-4H2,1H3,(H,7,8)/t11-,12-,13+,14+,15+;11-,12-,13+,14+,16+;;;/m11.../s1. The molecule has 2 rings (SSSR count). The van der Waals surface area contributed by atoms with E-state index in [4.69, 9.17) is 58.3 Å². The molecule has 26 nitrogen and oxygen atoms in total. The maximum atomic E-state index is 12.0. The van der Waals surface area contributed by atoms with Crippen LogP contribution in [0, 0.1) is 16.2 Å². The van der Waals surface area contributed by atoms with Crippen molar-refractivity contribution >= 4 is 29.7 Å². The molecule has 0 saturated carbocycles. The average molecular weight is 1230 g/mol. The second kappa shape index (κ2) is 48.2. The van der Waals surface area contributed by atoms with Gasteiger partial charge in [-0.1, -0.05) is 108 Å². The normalized spacial score (nSPS) is 22.4. The van der Waals surface area contributed by atoms with Gasteiger partial charge in [0.05, 0.1) is 77.6 Å². The van der Waals surface area contributed by atoms with Crippen LogP contribution >= 0.6 is 0 Å². The molecule has 2 aliphatic rings. The predicted octanol–water partition coefficient (Wildman–Crippen LogP) is 2.36. The molecule has 502 valence electrons. The maximum absolute atomic E-state index is 12.0. The van der Waals surface area contributed by atoms with Crippen molar-refractivity contribution in [2.24, 2.45) is 16.2 Å². The highest BCUT2D eigenvalue weighted by atomic mass is 16.7. The summed E-state index contributed by atoms with van der Waals surface area (Å²) in [6.45, 7) is 32.7. The number of methoxy groups -OCH3 is 1. The number of ether oxygens (including phenoxy) is 8. The maximum Gasteiger partial charge on any atom is 0.330 e. The lowest BCUT2D eigenvalue weighted by Crippen LogP contribution is -2.59. The van der Waals surface area contributed by atoms with Gasteiger partial charge in [0.15, 0.2) is 12.6 Å². The van der Waals surface area contributed by atoms with E-state index >= 15 is 0 Å². The van der Waals surface area contributed by atoms with Crippen LogP contribution in [0.2, 0.25) is 0 Å². The van der Waals surface area contributed by atoms with Crippen molar-refractivity contribution in [3.63, 3.8) is 0 Å². The van der Waals surface area contributed by atoms with Crippen LogP contribution in [0.5, 0.6) is 0 Å². The first kappa shape index (κ1) is 85.4. The van der Waals surface area contributed by atoms with Crippen LogP contribution in [0.15, 0.2) is 24.3 Å². The van der Waals surface area contributed by atoms with Crippen molar-refractivity contribution in [2.45, 2.75) is 215 Å². The molecule has 0 aromatic rings. The fourth-order valence-corrected chi connectivity index (χ4v) is 7.72. The summed E-state index contributed by atoms with van der Waals surface area (Å²) in [7, 11) is 1.66. The third-order valence-electron chi connectivity index (χ3n) is 13.2. The lowest BCUT2D eigenvalue weighted by atomic mass is 9.87. The molecule has 0 aromatic carbocycles. The number of aliphatic carboxylic acids is 2. The molecule has 13 N–H and O–H groups in total. The van der Waals surface area contributed by atoms with Crippen molar-refractivity contribution in [1.29, 1.82) is 0 Å². The summed E-state index contributed by atoms with van der Waals surface area (Å²) >= 11 is 0. The third-order valence-corrected chi connectivity index (χ3v) is 13.2. The van der Waals surface area contributed by atoms with Crippen LogP contribution in [0.25, 0.3) is 0 Å². The number of carboxylic acids is 2. The van der Waals surface area contributed by atoms with Crippen molar-refractivity contribution in [3.8, 4) is 0 Å². The van der Waals surface area contributed by atoms with E-state index in [0.29, 0.717) is 63.4 Å². The molecular weight excluding hydrogens is 1120 g/mol. The Balaban J connectivity index is -0.00000106. The molecule has 1 unspecified atom stereocenters. The predicted molar refractivity (Wildman–Crippen MR) is 317 cm³/mol. The number of aliphatic hydroxyl groups excluding tert-OH is 8. The van der Waals surface area contributed by atoms with Gasteiger partial charge in [-0.15, -0.1) is 0 Å². The van der Waals surface area contributed by atoms with Crippen LogP contribution in [0.4, 0.5) is 0 Å². The largest absolute Gasteiger partial charge is 0.481 e. The molecule has 11 atom stereocenters. The molecule has 2 saturated heterocycles. The summed E-state index contributed by atoms with van der Waals surface area (Å²) < 4.78 is 42.0. The van der Waals surface area contributed by atoms with Crippen molar-refractivity contribution < 1.29 is 113 Å². The molecule has 0 bridgehead atoms. The zero-order chi connectivity index (χ0) is 65.9. The summed E-state index contributed by atoms with van der Waals surface area (Å²) in [5, 5.41) is 102. The molecule has 26 heteroatoms. The SMILES string of the molecule is C=C(CCC)C(=O)NCCOCCO[C@H]1O[C@H](CO)[C@@H](O)[C@H](O)[C@@H]1O.C=C(CCC)C(=O)O.CCCC(C)(C)C(=O)NCCOCC(C)OC.CCCC(C)(C)C(=O)NCCOCCO[C@H]1O[C@H](CO)[C@@H](O)[C@H](O)[C@@H]1O.CCCC(C)(C)C(=O)O. The lowest BCUT2D eigenvalue weighted by molar-refractivity contribution is -0.302. The number of nitrogens with one attached hydrogen (secondary N) is 3. The molecule has 2 fully saturated rings. The zero-order valence-electron chi connectivity index (χ0n) is 53.3. The summed E-state index contributed by atoms with van der Waals surface area (Å²) in [6.07, 6.45) is -4.54. The summed E-state index contributed by atoms with van der Waals surface area (Å²) in [6, 6.07) is 0. The highest BCUT2D eigenvalue weighted by Gasteiger charge is 2.45. The molecule has 0 spiro atoms. The first-order valence-electron chi connectivity index (χ1n) is 29.6. The van der Waals surface area contributed by atoms with Crippen LogP contribution in [0.1, 0.15) is 147 Å². The number of carbonyl (C=O) groups excluding carboxylic acids is 3. The van der Waals surface area contributed by atoms with Crippen molar-refractivity contribution in [2.75, 3.05) is 92.8 Å². The zero-order valence-corrected chi connectivity index (χ0v) is 53.3. The Morgan fingerprint density at radius 3 is 1.19 bits per heavy atom. The minimum Gasteiger partial charge on any atom is -0.481 e. The van der Waals surface area contributed by atoms with Crippen LogP contribution in [-0.4, -0.2) is 241 Å². The van der Waals surface area contributed by atoms with E-state index in [0.717, 1.165) is 51.4 Å². The van der Waals surface area contributed by atoms with Gasteiger partial charge in [0, 0.05) is 48.7 Å². The van der Waals surface area contributed by atoms with E-state index in [1.807, 2.05) is 62.3 Å². The van der Waals surface area contributed by atoms with E-state index in [1.165, 1.54) is 0 Å². The summed E-state index contributed by atoms with van der Waals surface area (Å²) in [5.74, 6) is -1.69. The van der Waals surface area contributed by atoms with Crippen LogP contribution in [-0.2, 0) is 61.9 Å². The van der Waals surface area contributed by atoms with Gasteiger partial charge >= 0.3 is 11.9 Å². The number of carbonyl (C=O) groups is 5. The average Bonchev–Trinajstić information content (AvgIpc) is 3.51. The van der Waals surface area contributed by atoms with Gasteiger partial charge in [-0.25, -0.2) is 4.79 Å². The molecule has 0 radical (unpaired) electrons. The number of carboxylic acid groups (broad SMARTS) is 2. The molecule has 0 aliphatic carbocycles. The van der Waals surface area contributed by atoms with Gasteiger partial charge in [0.2, 0.25) is 17.7 Å². The van der Waals surface area contributed by atoms with E-state index in [2.05, 4.69) is 36.0 Å². The molecule has 2 aliphatic heterocycles. The van der Waals surface area contributed by atoms with E-state index < -0.39 is 97.4 Å². The number of amides is 3. The Labute approximate surface area is 505 Å². The monoisotopic (exact) mass is 1230 g/mol. The van der Waals surface area contributed by atoms with E-state index in [1.54, 1.807) is 21.0 Å². The number of aliphatic hydroxyl groups is 8. The molecule has 85 heavy (non-hydrogen) atoms. The second-order valence-electron chi connectivity index (χ2n) is 22.5. The van der Waals surface area contributed by atoms with Gasteiger partial charge in [0.25, 0.3) is 0 Å². The quantitative estimate of drug-likeness (QED) is 0.0314. The molecule has 2 heterocycles.